The van der Waals surface area contributed by atoms with Crippen LogP contribution in [0.4, 0.5) is 13.2 Å². The highest BCUT2D eigenvalue weighted by molar-refractivity contribution is 5.88. The van der Waals surface area contributed by atoms with E-state index in [1.54, 1.807) is 14.0 Å². The average Bonchev–Trinajstić information content (AvgIpc) is 2.66. The molecule has 1 N–H and O–H groups in total. The fourth-order valence-corrected chi connectivity index (χ4v) is 3.79. The number of amides is 1. The fraction of sp³-hybridized carbons (Fsp3) is 0.476. The van der Waals surface area contributed by atoms with Gasteiger partial charge in [-0.25, -0.2) is 0 Å². The normalized spacial score (nSPS) is 21.7. The standard InChI is InChI=1S/C21H24F3NO2/c1-13(14-7-8-16-12-17(27-2)10-9-15(16)11-14)20(26)25-19-6-4-3-5-18(19)21(22,23)24/h7-13,18-19H,3-6H2,1-2H3,(H,25,26). The van der Waals surface area contributed by atoms with Gasteiger partial charge in [0.05, 0.1) is 18.9 Å². The maximum Gasteiger partial charge on any atom is 0.393 e. The highest BCUT2D eigenvalue weighted by Gasteiger charge is 2.46. The third kappa shape index (κ3) is 4.37. The number of fused-ring (bicyclic) bond motifs is 1. The van der Waals surface area contributed by atoms with E-state index in [4.69, 9.17) is 4.74 Å². The molecule has 0 saturated heterocycles. The predicted molar refractivity (Wildman–Crippen MR) is 98.9 cm³/mol. The van der Waals surface area contributed by atoms with Gasteiger partial charge in [-0.15, -0.1) is 0 Å². The Labute approximate surface area is 156 Å². The van der Waals surface area contributed by atoms with Crippen LogP contribution in [-0.2, 0) is 4.79 Å². The van der Waals surface area contributed by atoms with Crippen LogP contribution in [0.5, 0.6) is 5.75 Å². The van der Waals surface area contributed by atoms with Crippen LogP contribution in [0, 0.1) is 5.92 Å². The highest BCUT2D eigenvalue weighted by atomic mass is 19.4. The summed E-state index contributed by atoms with van der Waals surface area (Å²) < 4.78 is 44.9. The number of carbonyl (C=O) groups is 1. The molecule has 3 nitrogen and oxygen atoms in total. The number of hydrogen-bond donors (Lipinski definition) is 1. The smallest absolute Gasteiger partial charge is 0.393 e. The van der Waals surface area contributed by atoms with Crippen LogP contribution in [0.15, 0.2) is 36.4 Å². The Morgan fingerprint density at radius 2 is 1.78 bits per heavy atom. The molecule has 2 aromatic carbocycles. The number of nitrogens with one attached hydrogen (secondary N) is 1. The van der Waals surface area contributed by atoms with Gasteiger partial charge in [0.15, 0.2) is 0 Å². The Morgan fingerprint density at radius 1 is 1.11 bits per heavy atom. The van der Waals surface area contributed by atoms with Gasteiger partial charge in [0, 0.05) is 6.04 Å². The molecular formula is C21H24F3NO2. The van der Waals surface area contributed by atoms with Crippen LogP contribution in [0.3, 0.4) is 0 Å². The molecule has 27 heavy (non-hydrogen) atoms. The molecule has 6 heteroatoms. The Hall–Kier alpha value is -2.24. The van der Waals surface area contributed by atoms with Crippen molar-refractivity contribution in [3.63, 3.8) is 0 Å². The third-order valence-corrected chi connectivity index (χ3v) is 5.48. The second-order valence-corrected chi connectivity index (χ2v) is 7.24. The molecule has 0 radical (unpaired) electrons. The van der Waals surface area contributed by atoms with E-state index >= 15 is 0 Å². The van der Waals surface area contributed by atoms with Crippen molar-refractivity contribution in [1.82, 2.24) is 5.32 Å². The quantitative estimate of drug-likeness (QED) is 0.794. The minimum absolute atomic E-state index is 0.0840. The Morgan fingerprint density at radius 3 is 2.48 bits per heavy atom. The van der Waals surface area contributed by atoms with Gasteiger partial charge in [0.2, 0.25) is 5.91 Å². The number of alkyl halides is 3. The molecule has 146 valence electrons. The first-order chi connectivity index (χ1) is 12.8. The molecule has 0 spiro atoms. The summed E-state index contributed by atoms with van der Waals surface area (Å²) in [5, 5.41) is 4.60. The summed E-state index contributed by atoms with van der Waals surface area (Å²) >= 11 is 0. The summed E-state index contributed by atoms with van der Waals surface area (Å²) in [6.45, 7) is 1.73. The molecule has 1 saturated carbocycles. The number of ether oxygens (including phenoxy) is 1. The van der Waals surface area contributed by atoms with Crippen LogP contribution in [0.1, 0.15) is 44.1 Å². The first kappa shape index (κ1) is 19.5. The molecule has 0 aliphatic heterocycles. The second-order valence-electron chi connectivity index (χ2n) is 7.24. The molecule has 1 aliphatic rings. The van der Waals surface area contributed by atoms with Gasteiger partial charge in [-0.05, 0) is 48.2 Å². The summed E-state index contributed by atoms with van der Waals surface area (Å²) in [6.07, 6.45) is -2.55. The van der Waals surface area contributed by atoms with Crippen LogP contribution < -0.4 is 10.1 Å². The molecule has 3 atom stereocenters. The number of halogens is 3. The van der Waals surface area contributed by atoms with Crippen LogP contribution in [0.2, 0.25) is 0 Å². The van der Waals surface area contributed by atoms with Crippen molar-refractivity contribution in [2.75, 3.05) is 7.11 Å². The van der Waals surface area contributed by atoms with Crippen molar-refractivity contribution in [3.8, 4) is 5.75 Å². The monoisotopic (exact) mass is 379 g/mol. The van der Waals surface area contributed by atoms with E-state index in [0.29, 0.717) is 19.3 Å². The largest absolute Gasteiger partial charge is 0.497 e. The van der Waals surface area contributed by atoms with Crippen molar-refractivity contribution in [3.05, 3.63) is 42.0 Å². The zero-order chi connectivity index (χ0) is 19.6. The van der Waals surface area contributed by atoms with Gasteiger partial charge in [0.1, 0.15) is 5.75 Å². The van der Waals surface area contributed by atoms with Gasteiger partial charge in [-0.3, -0.25) is 4.79 Å². The summed E-state index contributed by atoms with van der Waals surface area (Å²) in [5.41, 5.74) is 0.782. The molecule has 1 aliphatic carbocycles. The van der Waals surface area contributed by atoms with Crippen molar-refractivity contribution in [2.45, 2.75) is 50.7 Å². The minimum atomic E-state index is -4.27. The lowest BCUT2D eigenvalue weighted by atomic mass is 9.83. The molecule has 0 bridgehead atoms. The maximum atomic E-state index is 13.2. The molecular weight excluding hydrogens is 355 g/mol. The molecule has 1 amide bonds. The molecule has 3 rings (SSSR count). The predicted octanol–water partition coefficient (Wildman–Crippen LogP) is 5.19. The molecule has 2 aromatic rings. The van der Waals surface area contributed by atoms with Gasteiger partial charge >= 0.3 is 6.18 Å². The topological polar surface area (TPSA) is 38.3 Å². The lowest BCUT2D eigenvalue weighted by Gasteiger charge is -2.34. The molecule has 0 aromatic heterocycles. The molecule has 3 unspecified atom stereocenters. The van der Waals surface area contributed by atoms with E-state index < -0.39 is 24.1 Å². The first-order valence-electron chi connectivity index (χ1n) is 9.24. The molecule has 1 fully saturated rings. The van der Waals surface area contributed by atoms with E-state index in [1.165, 1.54) is 0 Å². The first-order valence-corrected chi connectivity index (χ1v) is 9.24. The van der Waals surface area contributed by atoms with Crippen molar-refractivity contribution in [1.29, 1.82) is 0 Å². The lowest BCUT2D eigenvalue weighted by molar-refractivity contribution is -0.189. The van der Waals surface area contributed by atoms with Crippen LogP contribution in [0.25, 0.3) is 10.8 Å². The minimum Gasteiger partial charge on any atom is -0.497 e. The fourth-order valence-electron chi connectivity index (χ4n) is 3.79. The zero-order valence-corrected chi connectivity index (χ0v) is 15.5. The van der Waals surface area contributed by atoms with Crippen molar-refractivity contribution in [2.24, 2.45) is 5.92 Å². The van der Waals surface area contributed by atoms with E-state index in [0.717, 1.165) is 22.1 Å². The van der Waals surface area contributed by atoms with Gasteiger partial charge in [0.25, 0.3) is 0 Å². The zero-order valence-electron chi connectivity index (χ0n) is 15.5. The molecule has 0 heterocycles. The second kappa shape index (κ2) is 7.79. The lowest BCUT2D eigenvalue weighted by Crippen LogP contribution is -2.48. The highest BCUT2D eigenvalue weighted by Crippen LogP contribution is 2.38. The maximum absolute atomic E-state index is 13.2. The Kier molecular flexibility index (Phi) is 5.63. The third-order valence-electron chi connectivity index (χ3n) is 5.48. The van der Waals surface area contributed by atoms with Gasteiger partial charge < -0.3 is 10.1 Å². The number of carbonyl (C=O) groups excluding carboxylic acids is 1. The van der Waals surface area contributed by atoms with Crippen molar-refractivity contribution < 1.29 is 22.7 Å². The Bertz CT molecular complexity index is 819. The SMILES string of the molecule is COc1ccc2cc(C(C)C(=O)NC3CCCCC3C(F)(F)F)ccc2c1. The van der Waals surface area contributed by atoms with Crippen molar-refractivity contribution >= 4 is 16.7 Å². The summed E-state index contributed by atoms with van der Waals surface area (Å²) in [4.78, 5) is 12.6. The van der Waals surface area contributed by atoms with Gasteiger partial charge in [-0.2, -0.15) is 13.2 Å². The van der Waals surface area contributed by atoms with E-state index in [1.807, 2.05) is 36.4 Å². The van der Waals surface area contributed by atoms with E-state index in [2.05, 4.69) is 5.32 Å². The van der Waals surface area contributed by atoms with E-state index in [9.17, 15) is 18.0 Å². The summed E-state index contributed by atoms with van der Waals surface area (Å²) in [7, 11) is 1.60. The summed E-state index contributed by atoms with van der Waals surface area (Å²) in [6, 6.07) is 10.5. The number of methoxy groups -OCH3 is 1. The number of hydrogen-bond acceptors (Lipinski definition) is 2. The number of benzene rings is 2. The van der Waals surface area contributed by atoms with Crippen LogP contribution in [-0.4, -0.2) is 25.2 Å². The van der Waals surface area contributed by atoms with Gasteiger partial charge in [-0.1, -0.05) is 37.1 Å². The average molecular weight is 379 g/mol. The Balaban J connectivity index is 1.75. The summed E-state index contributed by atoms with van der Waals surface area (Å²) in [5.74, 6) is -1.58. The van der Waals surface area contributed by atoms with E-state index in [-0.39, 0.29) is 12.3 Å². The number of rotatable bonds is 4. The van der Waals surface area contributed by atoms with Crippen LogP contribution >= 0.6 is 0 Å².